The lowest BCUT2D eigenvalue weighted by Gasteiger charge is -2.28. The summed E-state index contributed by atoms with van der Waals surface area (Å²) in [6.07, 6.45) is 6.95. The van der Waals surface area contributed by atoms with Crippen LogP contribution in [0.25, 0.3) is 11.1 Å². The van der Waals surface area contributed by atoms with Crippen LogP contribution in [-0.2, 0) is 5.60 Å². The van der Waals surface area contributed by atoms with Crippen molar-refractivity contribution in [1.29, 1.82) is 0 Å². The quantitative estimate of drug-likeness (QED) is 0.789. The lowest BCUT2D eigenvalue weighted by molar-refractivity contribution is 0.0726. The highest BCUT2D eigenvalue weighted by Crippen LogP contribution is 2.33. The summed E-state index contributed by atoms with van der Waals surface area (Å²) in [6.45, 7) is 0. The fourth-order valence-electron chi connectivity index (χ4n) is 2.67. The molecule has 0 radical (unpaired) electrons. The van der Waals surface area contributed by atoms with Crippen LogP contribution in [0.4, 0.5) is 0 Å². The first-order valence-corrected chi connectivity index (χ1v) is 6.84. The van der Waals surface area contributed by atoms with Crippen LogP contribution in [0.2, 0.25) is 0 Å². The van der Waals surface area contributed by atoms with Gasteiger partial charge in [0, 0.05) is 0 Å². The second-order valence-electron chi connectivity index (χ2n) is 5.16. The highest BCUT2D eigenvalue weighted by molar-refractivity contribution is 5.63. The Morgan fingerprint density at radius 2 is 1.53 bits per heavy atom. The van der Waals surface area contributed by atoms with Crippen molar-refractivity contribution in [3.8, 4) is 11.1 Å². The van der Waals surface area contributed by atoms with Crippen LogP contribution in [0.1, 0.15) is 24.8 Å². The predicted molar refractivity (Wildman–Crippen MR) is 78.8 cm³/mol. The summed E-state index contributed by atoms with van der Waals surface area (Å²) in [5.41, 5.74) is 2.61. The van der Waals surface area contributed by atoms with Crippen molar-refractivity contribution in [2.45, 2.75) is 24.9 Å². The third kappa shape index (κ3) is 2.47. The van der Waals surface area contributed by atoms with E-state index in [1.807, 2.05) is 36.4 Å². The van der Waals surface area contributed by atoms with Gasteiger partial charge >= 0.3 is 0 Å². The van der Waals surface area contributed by atoms with Gasteiger partial charge in [0.1, 0.15) is 5.60 Å². The van der Waals surface area contributed by atoms with Gasteiger partial charge in [0.25, 0.3) is 0 Å². The van der Waals surface area contributed by atoms with Crippen molar-refractivity contribution in [3.63, 3.8) is 0 Å². The topological polar surface area (TPSA) is 20.2 Å². The van der Waals surface area contributed by atoms with Crippen LogP contribution in [0.15, 0.2) is 66.7 Å². The number of allylic oxidation sites excluding steroid dienone is 1. The monoisotopic (exact) mass is 250 g/mol. The zero-order valence-electron chi connectivity index (χ0n) is 10.9. The third-order valence-corrected chi connectivity index (χ3v) is 3.81. The van der Waals surface area contributed by atoms with Crippen molar-refractivity contribution in [2.75, 3.05) is 0 Å². The number of benzene rings is 2. The Hall–Kier alpha value is -1.86. The summed E-state index contributed by atoms with van der Waals surface area (Å²) >= 11 is 0. The maximum atomic E-state index is 10.6. The Morgan fingerprint density at radius 1 is 0.842 bits per heavy atom. The second-order valence-corrected chi connectivity index (χ2v) is 5.16. The highest BCUT2D eigenvalue weighted by Gasteiger charge is 2.27. The standard InChI is InChI=1S/C18H18O/c19-18(13-5-2-6-14-18)17-11-9-16(10-12-17)15-7-3-1-4-8-15/h1,3-5,7-13,19H,2,6,14H2. The molecule has 0 amide bonds. The Bertz CT molecular complexity index is 568. The molecule has 96 valence electrons. The van der Waals surface area contributed by atoms with Gasteiger partial charge in [-0.1, -0.05) is 66.7 Å². The van der Waals surface area contributed by atoms with E-state index in [1.165, 1.54) is 11.1 Å². The molecule has 0 spiro atoms. The van der Waals surface area contributed by atoms with E-state index >= 15 is 0 Å². The SMILES string of the molecule is OC1(c2ccc(-c3ccccc3)cc2)C=CCCC1. The Kier molecular flexibility index (Phi) is 3.22. The van der Waals surface area contributed by atoms with Gasteiger partial charge in [-0.25, -0.2) is 0 Å². The molecule has 0 aliphatic heterocycles. The largest absolute Gasteiger partial charge is 0.381 e. The zero-order chi connectivity index (χ0) is 13.1. The molecule has 0 fully saturated rings. The highest BCUT2D eigenvalue weighted by atomic mass is 16.3. The van der Waals surface area contributed by atoms with E-state index < -0.39 is 5.60 Å². The molecule has 1 unspecified atom stereocenters. The van der Waals surface area contributed by atoms with Crippen LogP contribution in [0.5, 0.6) is 0 Å². The van der Waals surface area contributed by atoms with Gasteiger partial charge in [-0.15, -0.1) is 0 Å². The van der Waals surface area contributed by atoms with Crippen molar-refractivity contribution >= 4 is 0 Å². The number of rotatable bonds is 2. The fraction of sp³-hybridized carbons (Fsp3) is 0.222. The van der Waals surface area contributed by atoms with Gasteiger partial charge in [-0.05, 0) is 36.0 Å². The molecule has 0 aromatic heterocycles. The molecule has 1 aliphatic carbocycles. The first-order valence-electron chi connectivity index (χ1n) is 6.84. The maximum absolute atomic E-state index is 10.6. The molecule has 2 aromatic carbocycles. The van der Waals surface area contributed by atoms with E-state index in [4.69, 9.17) is 0 Å². The molecule has 1 nitrogen and oxygen atoms in total. The van der Waals surface area contributed by atoms with E-state index in [-0.39, 0.29) is 0 Å². The van der Waals surface area contributed by atoms with E-state index in [2.05, 4.69) is 30.3 Å². The van der Waals surface area contributed by atoms with Crippen LogP contribution >= 0.6 is 0 Å². The summed E-state index contributed by atoms with van der Waals surface area (Å²) in [4.78, 5) is 0. The first kappa shape index (κ1) is 12.2. The molecule has 19 heavy (non-hydrogen) atoms. The molecule has 0 saturated heterocycles. The molecule has 0 saturated carbocycles. The van der Waals surface area contributed by atoms with E-state index in [9.17, 15) is 5.11 Å². The van der Waals surface area contributed by atoms with Gasteiger partial charge < -0.3 is 5.11 Å². The summed E-state index contributed by atoms with van der Waals surface area (Å²) in [5, 5.41) is 10.6. The normalized spacial score (nSPS) is 22.4. The molecule has 2 aromatic rings. The summed E-state index contributed by atoms with van der Waals surface area (Å²) in [5.74, 6) is 0. The van der Waals surface area contributed by atoms with Crippen molar-refractivity contribution in [2.24, 2.45) is 0 Å². The molecule has 0 bridgehead atoms. The smallest absolute Gasteiger partial charge is 0.108 e. The lowest BCUT2D eigenvalue weighted by Crippen LogP contribution is -2.24. The van der Waals surface area contributed by atoms with Crippen LogP contribution in [-0.4, -0.2) is 5.11 Å². The molecule has 1 heteroatoms. The molecule has 1 aliphatic rings. The predicted octanol–water partition coefficient (Wildman–Crippen LogP) is 4.28. The summed E-state index contributed by atoms with van der Waals surface area (Å²) in [6, 6.07) is 18.6. The van der Waals surface area contributed by atoms with Gasteiger partial charge in [0.2, 0.25) is 0 Å². The van der Waals surface area contributed by atoms with Crippen LogP contribution < -0.4 is 0 Å². The molecule has 1 atom stereocenters. The van der Waals surface area contributed by atoms with E-state index in [1.54, 1.807) is 0 Å². The third-order valence-electron chi connectivity index (χ3n) is 3.81. The minimum absolute atomic E-state index is 0.770. The van der Waals surface area contributed by atoms with Gasteiger partial charge in [-0.2, -0.15) is 0 Å². The van der Waals surface area contributed by atoms with Crippen LogP contribution in [0.3, 0.4) is 0 Å². The Labute approximate surface area is 114 Å². The lowest BCUT2D eigenvalue weighted by atomic mass is 9.84. The first-order chi connectivity index (χ1) is 9.28. The summed E-state index contributed by atoms with van der Waals surface area (Å²) < 4.78 is 0. The Balaban J connectivity index is 1.91. The number of hydrogen-bond donors (Lipinski definition) is 1. The summed E-state index contributed by atoms with van der Waals surface area (Å²) in [7, 11) is 0. The van der Waals surface area contributed by atoms with Crippen molar-refractivity contribution < 1.29 is 5.11 Å². The molecule has 1 N–H and O–H groups in total. The molecule has 3 rings (SSSR count). The van der Waals surface area contributed by atoms with Gasteiger partial charge in [0.05, 0.1) is 0 Å². The minimum atomic E-state index is -0.770. The van der Waals surface area contributed by atoms with Gasteiger partial charge in [0.15, 0.2) is 0 Å². The average molecular weight is 250 g/mol. The zero-order valence-corrected chi connectivity index (χ0v) is 10.9. The average Bonchev–Trinajstić information content (AvgIpc) is 2.49. The molecule has 0 heterocycles. The van der Waals surface area contributed by atoms with Crippen molar-refractivity contribution in [3.05, 3.63) is 72.3 Å². The number of aliphatic hydroxyl groups is 1. The molecular weight excluding hydrogens is 232 g/mol. The van der Waals surface area contributed by atoms with Crippen LogP contribution in [0, 0.1) is 0 Å². The van der Waals surface area contributed by atoms with Crippen molar-refractivity contribution in [1.82, 2.24) is 0 Å². The van der Waals surface area contributed by atoms with E-state index in [0.29, 0.717) is 0 Å². The minimum Gasteiger partial charge on any atom is -0.381 e. The number of hydrogen-bond acceptors (Lipinski definition) is 1. The second kappa shape index (κ2) is 5.02. The Morgan fingerprint density at radius 3 is 2.16 bits per heavy atom. The molecular formula is C18H18O. The maximum Gasteiger partial charge on any atom is 0.108 e. The van der Waals surface area contributed by atoms with E-state index in [0.717, 1.165) is 24.8 Å². The van der Waals surface area contributed by atoms with Gasteiger partial charge in [-0.3, -0.25) is 0 Å². The fourth-order valence-corrected chi connectivity index (χ4v) is 2.67.